The Kier molecular flexibility index (Phi) is 5.99. The summed E-state index contributed by atoms with van der Waals surface area (Å²) < 4.78 is 36.1. The highest BCUT2D eigenvalue weighted by Crippen LogP contribution is 2.23. The van der Waals surface area contributed by atoms with E-state index in [2.05, 4.69) is 10.3 Å². The van der Waals surface area contributed by atoms with Gasteiger partial charge in [0.1, 0.15) is 0 Å². The van der Waals surface area contributed by atoms with Crippen LogP contribution in [0.2, 0.25) is 0 Å². The van der Waals surface area contributed by atoms with Crippen LogP contribution in [0.4, 0.5) is 13.2 Å². The topological polar surface area (TPSA) is 24.9 Å². The summed E-state index contributed by atoms with van der Waals surface area (Å²) in [5, 5.41) is 3.28. The van der Waals surface area contributed by atoms with Crippen molar-refractivity contribution in [1.82, 2.24) is 10.3 Å². The second-order valence-corrected chi connectivity index (χ2v) is 5.33. The Bertz CT molecular complexity index is 418. The van der Waals surface area contributed by atoms with Crippen LogP contribution in [-0.2, 0) is 0 Å². The molecular formula is C15H23F3N2. The van der Waals surface area contributed by atoms with Crippen LogP contribution < -0.4 is 5.32 Å². The van der Waals surface area contributed by atoms with Crippen LogP contribution in [0.25, 0.3) is 0 Å². The molecule has 0 bridgehead atoms. The van der Waals surface area contributed by atoms with Gasteiger partial charge in [0, 0.05) is 23.9 Å². The van der Waals surface area contributed by atoms with E-state index < -0.39 is 12.6 Å². The molecule has 0 saturated heterocycles. The van der Waals surface area contributed by atoms with Gasteiger partial charge < -0.3 is 5.32 Å². The Morgan fingerprint density at radius 1 is 1.20 bits per heavy atom. The van der Waals surface area contributed by atoms with Gasteiger partial charge in [-0.2, -0.15) is 13.2 Å². The number of nitrogens with one attached hydrogen (secondary N) is 1. The molecule has 0 aromatic carbocycles. The molecule has 114 valence electrons. The van der Waals surface area contributed by atoms with E-state index in [-0.39, 0.29) is 12.5 Å². The molecule has 0 aliphatic rings. The van der Waals surface area contributed by atoms with Crippen molar-refractivity contribution in [2.75, 3.05) is 6.54 Å². The molecule has 0 spiro atoms. The number of nitrogens with zero attached hydrogens (tertiary/aromatic N) is 1. The fourth-order valence-corrected chi connectivity index (χ4v) is 2.56. The number of aromatic nitrogens is 1. The molecule has 20 heavy (non-hydrogen) atoms. The Morgan fingerprint density at radius 3 is 2.40 bits per heavy atom. The maximum absolute atomic E-state index is 12.0. The van der Waals surface area contributed by atoms with Crippen LogP contribution in [0.3, 0.4) is 0 Å². The molecule has 1 N–H and O–H groups in total. The molecule has 1 atom stereocenters. The number of alkyl halides is 3. The maximum atomic E-state index is 12.0. The first kappa shape index (κ1) is 17.0. The second-order valence-electron chi connectivity index (χ2n) is 5.33. The summed E-state index contributed by atoms with van der Waals surface area (Å²) in [7, 11) is 0. The lowest BCUT2D eigenvalue weighted by Crippen LogP contribution is -2.22. The highest BCUT2D eigenvalue weighted by Gasteiger charge is 2.25. The predicted molar refractivity (Wildman–Crippen MR) is 74.8 cm³/mol. The minimum absolute atomic E-state index is 0.106. The lowest BCUT2D eigenvalue weighted by molar-refractivity contribution is -0.135. The fraction of sp³-hybridized carbons (Fsp3) is 0.667. The van der Waals surface area contributed by atoms with Crippen LogP contribution in [-0.4, -0.2) is 17.7 Å². The number of aryl methyl sites for hydroxylation is 3. The lowest BCUT2D eigenvalue weighted by Gasteiger charge is -2.19. The van der Waals surface area contributed by atoms with Gasteiger partial charge >= 0.3 is 6.18 Å². The summed E-state index contributed by atoms with van der Waals surface area (Å²) in [5.41, 5.74) is 4.29. The van der Waals surface area contributed by atoms with Gasteiger partial charge in [-0.3, -0.25) is 4.98 Å². The van der Waals surface area contributed by atoms with Gasteiger partial charge in [-0.25, -0.2) is 0 Å². The fourth-order valence-electron chi connectivity index (χ4n) is 2.56. The van der Waals surface area contributed by atoms with E-state index in [1.807, 2.05) is 33.8 Å². The molecule has 0 aliphatic heterocycles. The van der Waals surface area contributed by atoms with Gasteiger partial charge in [0.05, 0.1) is 0 Å². The molecule has 1 unspecified atom stereocenters. The number of rotatable bonds is 6. The van der Waals surface area contributed by atoms with Gasteiger partial charge in [0.25, 0.3) is 0 Å². The van der Waals surface area contributed by atoms with E-state index in [1.165, 1.54) is 5.56 Å². The standard InChI is InChI=1S/C15H23F3N2/c1-10-9-11(2)20-13(4)14(10)12(3)19-8-6-5-7-15(16,17)18/h9,12,19H,5-8H2,1-4H3. The summed E-state index contributed by atoms with van der Waals surface area (Å²) in [6.45, 7) is 8.58. The molecule has 2 nitrogen and oxygen atoms in total. The summed E-state index contributed by atoms with van der Waals surface area (Å²) in [6, 6.07) is 2.14. The molecule has 1 aromatic heterocycles. The van der Waals surface area contributed by atoms with Gasteiger partial charge in [-0.15, -0.1) is 0 Å². The molecule has 0 saturated carbocycles. The van der Waals surface area contributed by atoms with E-state index >= 15 is 0 Å². The molecule has 0 amide bonds. The maximum Gasteiger partial charge on any atom is 0.389 e. The van der Waals surface area contributed by atoms with Crippen molar-refractivity contribution in [2.24, 2.45) is 0 Å². The van der Waals surface area contributed by atoms with Crippen molar-refractivity contribution in [1.29, 1.82) is 0 Å². The first-order valence-corrected chi connectivity index (χ1v) is 6.95. The van der Waals surface area contributed by atoms with E-state index in [0.29, 0.717) is 13.0 Å². The number of halogens is 3. The zero-order chi connectivity index (χ0) is 15.3. The summed E-state index contributed by atoms with van der Waals surface area (Å²) in [4.78, 5) is 4.44. The van der Waals surface area contributed by atoms with Crippen molar-refractivity contribution in [3.63, 3.8) is 0 Å². The average molecular weight is 288 g/mol. The van der Waals surface area contributed by atoms with E-state index in [1.54, 1.807) is 0 Å². The van der Waals surface area contributed by atoms with Crippen molar-refractivity contribution in [3.8, 4) is 0 Å². The largest absolute Gasteiger partial charge is 0.389 e. The molecule has 0 radical (unpaired) electrons. The summed E-state index contributed by atoms with van der Waals surface area (Å²) in [5.74, 6) is 0. The molecule has 1 aromatic rings. The van der Waals surface area contributed by atoms with E-state index in [0.717, 1.165) is 17.0 Å². The third-order valence-corrected chi connectivity index (χ3v) is 3.35. The van der Waals surface area contributed by atoms with Crippen molar-refractivity contribution in [3.05, 3.63) is 28.6 Å². The Labute approximate surface area is 118 Å². The number of pyridine rings is 1. The average Bonchev–Trinajstić information content (AvgIpc) is 2.25. The van der Waals surface area contributed by atoms with Gasteiger partial charge in [-0.05, 0) is 64.3 Å². The molecule has 1 rings (SSSR count). The normalized spacial score (nSPS) is 13.6. The van der Waals surface area contributed by atoms with Gasteiger partial charge in [0.2, 0.25) is 0 Å². The van der Waals surface area contributed by atoms with E-state index in [4.69, 9.17) is 0 Å². The van der Waals surface area contributed by atoms with Crippen LogP contribution in [0.15, 0.2) is 6.07 Å². The van der Waals surface area contributed by atoms with Crippen molar-refractivity contribution < 1.29 is 13.2 Å². The second kappa shape index (κ2) is 7.07. The molecule has 0 aliphatic carbocycles. The van der Waals surface area contributed by atoms with Crippen LogP contribution in [0.1, 0.15) is 54.7 Å². The zero-order valence-electron chi connectivity index (χ0n) is 12.6. The Morgan fingerprint density at radius 2 is 1.85 bits per heavy atom. The van der Waals surface area contributed by atoms with E-state index in [9.17, 15) is 13.2 Å². The van der Waals surface area contributed by atoms with Gasteiger partial charge in [-0.1, -0.05) is 0 Å². The molecule has 5 heteroatoms. The number of hydrogen-bond acceptors (Lipinski definition) is 2. The van der Waals surface area contributed by atoms with Crippen molar-refractivity contribution >= 4 is 0 Å². The highest BCUT2D eigenvalue weighted by molar-refractivity contribution is 5.33. The molecule has 0 fully saturated rings. The number of hydrogen-bond donors (Lipinski definition) is 1. The quantitative estimate of drug-likeness (QED) is 0.785. The summed E-state index contributed by atoms with van der Waals surface area (Å²) >= 11 is 0. The predicted octanol–water partition coefficient (Wildman–Crippen LogP) is 4.39. The minimum Gasteiger partial charge on any atom is -0.310 e. The lowest BCUT2D eigenvalue weighted by atomic mass is 10.0. The monoisotopic (exact) mass is 288 g/mol. The van der Waals surface area contributed by atoms with Crippen LogP contribution in [0, 0.1) is 20.8 Å². The van der Waals surface area contributed by atoms with Gasteiger partial charge in [0.15, 0.2) is 0 Å². The molecular weight excluding hydrogens is 265 g/mol. The van der Waals surface area contributed by atoms with Crippen LogP contribution >= 0.6 is 0 Å². The Hall–Kier alpha value is -1.10. The third-order valence-electron chi connectivity index (χ3n) is 3.35. The Balaban J connectivity index is 2.46. The van der Waals surface area contributed by atoms with Crippen LogP contribution in [0.5, 0.6) is 0 Å². The smallest absolute Gasteiger partial charge is 0.310 e. The third kappa shape index (κ3) is 5.49. The van der Waals surface area contributed by atoms with Crippen molar-refractivity contribution in [2.45, 2.75) is 59.2 Å². The first-order valence-electron chi connectivity index (χ1n) is 6.95. The SMILES string of the molecule is Cc1cc(C)c(C(C)NCCCCC(F)(F)F)c(C)n1. The molecule has 1 heterocycles. The zero-order valence-corrected chi connectivity index (χ0v) is 12.6. The summed E-state index contributed by atoms with van der Waals surface area (Å²) in [6.07, 6.45) is -4.04. The first-order chi connectivity index (χ1) is 9.20. The number of unbranched alkanes of at least 4 members (excludes halogenated alkanes) is 1. The highest BCUT2D eigenvalue weighted by atomic mass is 19.4. The minimum atomic E-state index is -4.04.